The van der Waals surface area contributed by atoms with Crippen molar-refractivity contribution in [2.45, 2.75) is 25.8 Å². The van der Waals surface area contributed by atoms with Crippen LogP contribution in [0.1, 0.15) is 19.8 Å². The summed E-state index contributed by atoms with van der Waals surface area (Å²) in [7, 11) is 0. The molecule has 0 aliphatic carbocycles. The predicted octanol–water partition coefficient (Wildman–Crippen LogP) is 1.14. The molecule has 0 spiro atoms. The van der Waals surface area contributed by atoms with Crippen LogP contribution in [-0.4, -0.2) is 41.8 Å². The average Bonchev–Trinajstić information content (AvgIpc) is 2.16. The van der Waals surface area contributed by atoms with Crippen LogP contribution in [0.4, 0.5) is 4.39 Å². The second-order valence-corrected chi connectivity index (χ2v) is 3.67. The van der Waals surface area contributed by atoms with Crippen molar-refractivity contribution in [1.82, 2.24) is 4.90 Å². The largest absolute Gasteiger partial charge is 0.480 e. The van der Waals surface area contributed by atoms with E-state index in [4.69, 9.17) is 5.11 Å². The van der Waals surface area contributed by atoms with Gasteiger partial charge in [0.15, 0.2) is 0 Å². The van der Waals surface area contributed by atoms with Crippen molar-refractivity contribution in [2.24, 2.45) is 5.92 Å². The molecule has 0 radical (unpaired) electrons. The van der Waals surface area contributed by atoms with Gasteiger partial charge in [-0.15, -0.1) is 0 Å². The molecule has 13 heavy (non-hydrogen) atoms. The van der Waals surface area contributed by atoms with E-state index in [0.717, 1.165) is 19.4 Å². The SMILES string of the molecule is C[C@H](C(=O)O)N1CCC[C@@H](CF)C1. The maximum atomic E-state index is 12.3. The number of halogens is 1. The number of carboxylic acids is 1. The number of likely N-dealkylation sites (tertiary alicyclic amines) is 1. The summed E-state index contributed by atoms with van der Waals surface area (Å²) in [6.45, 7) is 2.69. The first-order valence-electron chi connectivity index (χ1n) is 4.68. The highest BCUT2D eigenvalue weighted by atomic mass is 19.1. The van der Waals surface area contributed by atoms with Gasteiger partial charge in [0.1, 0.15) is 6.04 Å². The van der Waals surface area contributed by atoms with Crippen LogP contribution in [0.5, 0.6) is 0 Å². The number of rotatable bonds is 3. The van der Waals surface area contributed by atoms with Gasteiger partial charge >= 0.3 is 5.97 Å². The van der Waals surface area contributed by atoms with Crippen LogP contribution in [0.15, 0.2) is 0 Å². The number of carbonyl (C=O) groups is 1. The molecule has 0 aromatic heterocycles. The van der Waals surface area contributed by atoms with E-state index < -0.39 is 12.0 Å². The van der Waals surface area contributed by atoms with Crippen LogP contribution < -0.4 is 0 Å². The second-order valence-electron chi connectivity index (χ2n) is 3.67. The molecule has 1 rings (SSSR count). The quantitative estimate of drug-likeness (QED) is 0.723. The Balaban J connectivity index is 2.46. The van der Waals surface area contributed by atoms with Crippen molar-refractivity contribution in [2.75, 3.05) is 19.8 Å². The molecule has 1 heterocycles. The lowest BCUT2D eigenvalue weighted by molar-refractivity contribution is -0.143. The minimum Gasteiger partial charge on any atom is -0.480 e. The molecule has 1 aliphatic heterocycles. The number of carboxylic acid groups (broad SMARTS) is 1. The Kier molecular flexibility index (Phi) is 3.66. The fourth-order valence-electron chi connectivity index (χ4n) is 1.73. The van der Waals surface area contributed by atoms with E-state index in [0.29, 0.717) is 6.54 Å². The standard InChI is InChI=1S/C9H16FNO2/c1-7(9(12)13)11-4-2-3-8(5-10)6-11/h7-8H,2-6H2,1H3,(H,12,13)/t7-,8+/m1/s1. The number of alkyl halides is 1. The molecule has 1 fully saturated rings. The van der Waals surface area contributed by atoms with Gasteiger partial charge in [0.05, 0.1) is 6.67 Å². The smallest absolute Gasteiger partial charge is 0.320 e. The van der Waals surface area contributed by atoms with Crippen LogP contribution in [0, 0.1) is 5.92 Å². The maximum absolute atomic E-state index is 12.3. The van der Waals surface area contributed by atoms with E-state index in [-0.39, 0.29) is 12.6 Å². The molecule has 0 saturated carbocycles. The zero-order valence-electron chi connectivity index (χ0n) is 7.87. The van der Waals surface area contributed by atoms with Crippen LogP contribution in [0.25, 0.3) is 0 Å². The first-order valence-corrected chi connectivity index (χ1v) is 4.68. The van der Waals surface area contributed by atoms with Gasteiger partial charge in [-0.05, 0) is 26.3 Å². The Morgan fingerprint density at radius 3 is 3.00 bits per heavy atom. The zero-order valence-corrected chi connectivity index (χ0v) is 7.87. The highest BCUT2D eigenvalue weighted by Gasteiger charge is 2.26. The van der Waals surface area contributed by atoms with Crippen molar-refractivity contribution in [1.29, 1.82) is 0 Å². The number of aliphatic carboxylic acids is 1. The average molecular weight is 189 g/mol. The van der Waals surface area contributed by atoms with Gasteiger partial charge in [-0.25, -0.2) is 0 Å². The van der Waals surface area contributed by atoms with Crippen molar-refractivity contribution >= 4 is 5.97 Å². The molecule has 1 saturated heterocycles. The third-order valence-corrected chi connectivity index (χ3v) is 2.67. The van der Waals surface area contributed by atoms with Crippen molar-refractivity contribution in [3.8, 4) is 0 Å². The first kappa shape index (κ1) is 10.4. The van der Waals surface area contributed by atoms with Gasteiger partial charge in [0.2, 0.25) is 0 Å². The molecule has 0 aromatic carbocycles. The molecule has 76 valence electrons. The lowest BCUT2D eigenvalue weighted by Gasteiger charge is -2.33. The van der Waals surface area contributed by atoms with Crippen molar-refractivity contribution in [3.05, 3.63) is 0 Å². The number of hydrogen-bond donors (Lipinski definition) is 1. The molecule has 2 atom stereocenters. The molecule has 1 N–H and O–H groups in total. The van der Waals surface area contributed by atoms with Crippen molar-refractivity contribution in [3.63, 3.8) is 0 Å². The monoisotopic (exact) mass is 189 g/mol. The predicted molar refractivity (Wildman–Crippen MR) is 47.4 cm³/mol. The summed E-state index contributed by atoms with van der Waals surface area (Å²) in [5, 5.41) is 8.76. The summed E-state index contributed by atoms with van der Waals surface area (Å²) in [5.41, 5.74) is 0. The van der Waals surface area contributed by atoms with E-state index >= 15 is 0 Å². The topological polar surface area (TPSA) is 40.5 Å². The summed E-state index contributed by atoms with van der Waals surface area (Å²) < 4.78 is 12.3. The Labute approximate surface area is 77.5 Å². The van der Waals surface area contributed by atoms with E-state index in [1.54, 1.807) is 6.92 Å². The molecule has 3 nitrogen and oxygen atoms in total. The van der Waals surface area contributed by atoms with Gasteiger partial charge in [-0.1, -0.05) is 0 Å². The number of nitrogens with zero attached hydrogens (tertiary/aromatic N) is 1. The Bertz CT molecular complexity index is 186. The van der Waals surface area contributed by atoms with Crippen LogP contribution in [0.3, 0.4) is 0 Å². The summed E-state index contributed by atoms with van der Waals surface area (Å²) in [6.07, 6.45) is 1.80. The van der Waals surface area contributed by atoms with Gasteiger partial charge in [-0.3, -0.25) is 14.1 Å². The summed E-state index contributed by atoms with van der Waals surface area (Å²) in [6, 6.07) is -0.477. The minimum atomic E-state index is -0.820. The number of piperidine rings is 1. The molecule has 4 heteroatoms. The van der Waals surface area contributed by atoms with E-state index in [1.807, 2.05) is 4.90 Å². The Hall–Kier alpha value is -0.640. The molecule has 0 amide bonds. The fraction of sp³-hybridized carbons (Fsp3) is 0.889. The number of hydrogen-bond acceptors (Lipinski definition) is 2. The van der Waals surface area contributed by atoms with Crippen LogP contribution >= 0.6 is 0 Å². The lowest BCUT2D eigenvalue weighted by atomic mass is 9.98. The third kappa shape index (κ3) is 2.66. The molecule has 0 bridgehead atoms. The second kappa shape index (κ2) is 4.56. The van der Waals surface area contributed by atoms with E-state index in [9.17, 15) is 9.18 Å². The first-order chi connectivity index (χ1) is 6.15. The van der Waals surface area contributed by atoms with Crippen molar-refractivity contribution < 1.29 is 14.3 Å². The Morgan fingerprint density at radius 2 is 2.46 bits per heavy atom. The molecule has 1 aliphatic rings. The highest BCUT2D eigenvalue weighted by Crippen LogP contribution is 2.18. The molecule has 0 unspecified atom stereocenters. The molecule has 0 aromatic rings. The minimum absolute atomic E-state index is 0.0375. The normalized spacial score (nSPS) is 27.1. The molecular formula is C9H16FNO2. The third-order valence-electron chi connectivity index (χ3n) is 2.67. The lowest BCUT2D eigenvalue weighted by Crippen LogP contribution is -2.45. The molecular weight excluding hydrogens is 173 g/mol. The summed E-state index contributed by atoms with van der Waals surface area (Å²) in [4.78, 5) is 12.5. The van der Waals surface area contributed by atoms with E-state index in [1.165, 1.54) is 0 Å². The van der Waals surface area contributed by atoms with Gasteiger partial charge < -0.3 is 5.11 Å². The van der Waals surface area contributed by atoms with Crippen LogP contribution in [0.2, 0.25) is 0 Å². The maximum Gasteiger partial charge on any atom is 0.320 e. The van der Waals surface area contributed by atoms with Gasteiger partial charge in [0, 0.05) is 12.5 Å². The fourth-order valence-corrected chi connectivity index (χ4v) is 1.73. The van der Waals surface area contributed by atoms with Gasteiger partial charge in [0.25, 0.3) is 0 Å². The zero-order chi connectivity index (χ0) is 9.84. The summed E-state index contributed by atoms with van der Waals surface area (Å²) >= 11 is 0. The van der Waals surface area contributed by atoms with Crippen LogP contribution in [-0.2, 0) is 4.79 Å². The van der Waals surface area contributed by atoms with E-state index in [2.05, 4.69) is 0 Å². The van der Waals surface area contributed by atoms with Gasteiger partial charge in [-0.2, -0.15) is 0 Å². The Morgan fingerprint density at radius 1 is 1.77 bits per heavy atom. The highest BCUT2D eigenvalue weighted by molar-refractivity contribution is 5.72. The summed E-state index contributed by atoms with van der Waals surface area (Å²) in [5.74, 6) is -0.782.